The summed E-state index contributed by atoms with van der Waals surface area (Å²) in [5, 5.41) is 23.3. The molecular formula is C27H30F3N7O. The Balaban J connectivity index is 1.47. The molecule has 4 rings (SSSR count). The molecule has 1 fully saturated rings. The summed E-state index contributed by atoms with van der Waals surface area (Å²) in [7, 11) is 0. The predicted octanol–water partition coefficient (Wildman–Crippen LogP) is 3.65. The summed E-state index contributed by atoms with van der Waals surface area (Å²) in [4.78, 5) is 15.7. The van der Waals surface area contributed by atoms with E-state index in [-0.39, 0.29) is 24.5 Å². The molecule has 11 heteroatoms. The molecule has 1 amide bonds. The summed E-state index contributed by atoms with van der Waals surface area (Å²) >= 11 is 0. The second kappa shape index (κ2) is 11.6. The standard InChI is InChI=1S/C27H30F3N7O/c28-27(29,30)21-6-3-18(4-7-21)17-37-23-14-19(16-31)2-5-20(23)15-24(37)25(38)35-22-8-12-36(13-9-22)11-1-10-34-26(32)33/h2-7,14-15,22H,1,8-13,17H2,(H,35,38)(H4,32,33,34). The topological polar surface area (TPSA) is 123 Å². The van der Waals surface area contributed by atoms with Gasteiger partial charge in [0, 0.05) is 37.6 Å². The molecule has 1 saturated heterocycles. The number of nitrogens with one attached hydrogen (secondary N) is 3. The number of rotatable bonds is 8. The summed E-state index contributed by atoms with van der Waals surface area (Å²) in [5.41, 5.74) is 6.68. The fourth-order valence-electron chi connectivity index (χ4n) is 4.75. The van der Waals surface area contributed by atoms with Crippen molar-refractivity contribution in [3.8, 4) is 6.07 Å². The lowest BCUT2D eigenvalue weighted by molar-refractivity contribution is -0.137. The number of alkyl halides is 3. The van der Waals surface area contributed by atoms with E-state index in [1.165, 1.54) is 12.1 Å². The number of aromatic nitrogens is 1. The normalized spacial score (nSPS) is 14.8. The minimum absolute atomic E-state index is 0.00120. The molecule has 0 unspecified atom stereocenters. The number of carbonyl (C=O) groups excluding carboxylic acids is 1. The molecule has 0 saturated carbocycles. The molecule has 5 N–H and O–H groups in total. The second-order valence-electron chi connectivity index (χ2n) is 9.48. The minimum Gasteiger partial charge on any atom is -0.370 e. The fourth-order valence-corrected chi connectivity index (χ4v) is 4.75. The van der Waals surface area contributed by atoms with Crippen molar-refractivity contribution in [1.29, 1.82) is 10.7 Å². The van der Waals surface area contributed by atoms with Crippen molar-refractivity contribution in [2.24, 2.45) is 5.73 Å². The van der Waals surface area contributed by atoms with E-state index in [2.05, 4.69) is 21.6 Å². The number of hydrogen-bond acceptors (Lipinski definition) is 4. The van der Waals surface area contributed by atoms with Crippen molar-refractivity contribution in [3.05, 3.63) is 70.9 Å². The van der Waals surface area contributed by atoms with Crippen LogP contribution in [-0.4, -0.2) is 53.6 Å². The highest BCUT2D eigenvalue weighted by Crippen LogP contribution is 2.30. The second-order valence-corrected chi connectivity index (χ2v) is 9.48. The number of nitriles is 1. The van der Waals surface area contributed by atoms with Gasteiger partial charge >= 0.3 is 6.18 Å². The van der Waals surface area contributed by atoms with Crippen molar-refractivity contribution >= 4 is 22.8 Å². The van der Waals surface area contributed by atoms with Crippen LogP contribution >= 0.6 is 0 Å². The number of piperidine rings is 1. The Morgan fingerprint density at radius 3 is 2.47 bits per heavy atom. The van der Waals surface area contributed by atoms with Crippen LogP contribution in [0.25, 0.3) is 10.9 Å². The number of nitrogens with zero attached hydrogens (tertiary/aromatic N) is 3. The molecule has 2 aromatic carbocycles. The van der Waals surface area contributed by atoms with E-state index in [1.54, 1.807) is 28.8 Å². The molecule has 1 aliphatic heterocycles. The van der Waals surface area contributed by atoms with Crippen LogP contribution in [0.5, 0.6) is 0 Å². The van der Waals surface area contributed by atoms with Crippen LogP contribution < -0.4 is 16.4 Å². The zero-order chi connectivity index (χ0) is 27.3. The Kier molecular flexibility index (Phi) is 8.22. The van der Waals surface area contributed by atoms with Crippen molar-refractivity contribution in [1.82, 2.24) is 20.1 Å². The van der Waals surface area contributed by atoms with Gasteiger partial charge in [0.05, 0.1) is 22.7 Å². The number of carbonyl (C=O) groups is 1. The Labute approximate surface area is 218 Å². The molecule has 200 valence electrons. The van der Waals surface area contributed by atoms with E-state index < -0.39 is 11.7 Å². The van der Waals surface area contributed by atoms with Crippen LogP contribution in [0.1, 0.15) is 46.4 Å². The minimum atomic E-state index is -4.42. The zero-order valence-corrected chi connectivity index (χ0v) is 20.8. The van der Waals surface area contributed by atoms with Crippen molar-refractivity contribution in [2.45, 2.75) is 38.0 Å². The Morgan fingerprint density at radius 2 is 1.84 bits per heavy atom. The van der Waals surface area contributed by atoms with Crippen LogP contribution in [0.3, 0.4) is 0 Å². The Hall–Kier alpha value is -4.04. The SMILES string of the molecule is N#Cc1ccc2cc(C(=O)NC3CCN(CCCNC(=N)N)CC3)n(Cc3ccc(C(F)(F)F)cc3)c2c1. The van der Waals surface area contributed by atoms with Crippen LogP contribution in [0.2, 0.25) is 0 Å². The summed E-state index contributed by atoms with van der Waals surface area (Å²) in [6.45, 7) is 3.38. The van der Waals surface area contributed by atoms with Crippen molar-refractivity contribution in [3.63, 3.8) is 0 Å². The van der Waals surface area contributed by atoms with E-state index in [0.717, 1.165) is 56.4 Å². The number of amides is 1. The average Bonchev–Trinajstić information content (AvgIpc) is 3.24. The molecule has 2 heterocycles. The lowest BCUT2D eigenvalue weighted by Gasteiger charge is -2.32. The highest BCUT2D eigenvalue weighted by atomic mass is 19.4. The van der Waals surface area contributed by atoms with Gasteiger partial charge in [-0.1, -0.05) is 18.2 Å². The van der Waals surface area contributed by atoms with Crippen LogP contribution in [0, 0.1) is 16.7 Å². The molecule has 1 aromatic heterocycles. The molecule has 1 aliphatic rings. The summed E-state index contributed by atoms with van der Waals surface area (Å²) < 4.78 is 40.8. The average molecular weight is 526 g/mol. The largest absolute Gasteiger partial charge is 0.416 e. The summed E-state index contributed by atoms with van der Waals surface area (Å²) in [6, 6.07) is 13.9. The van der Waals surface area contributed by atoms with E-state index in [0.29, 0.717) is 28.9 Å². The van der Waals surface area contributed by atoms with E-state index >= 15 is 0 Å². The molecule has 0 aliphatic carbocycles. The van der Waals surface area contributed by atoms with Gasteiger partial charge in [-0.3, -0.25) is 10.2 Å². The fraction of sp³-hybridized carbons (Fsp3) is 0.370. The summed E-state index contributed by atoms with van der Waals surface area (Å²) in [5.74, 6) is -0.290. The highest BCUT2D eigenvalue weighted by Gasteiger charge is 2.30. The first-order valence-corrected chi connectivity index (χ1v) is 12.4. The number of hydrogen-bond donors (Lipinski definition) is 4. The molecule has 0 atom stereocenters. The maximum Gasteiger partial charge on any atom is 0.416 e. The van der Waals surface area contributed by atoms with Gasteiger partial charge in [0.25, 0.3) is 5.91 Å². The number of nitrogens with two attached hydrogens (primary N) is 1. The molecular weight excluding hydrogens is 495 g/mol. The Morgan fingerprint density at radius 1 is 1.13 bits per heavy atom. The lowest BCUT2D eigenvalue weighted by Crippen LogP contribution is -2.45. The first-order chi connectivity index (χ1) is 18.1. The first-order valence-electron chi connectivity index (χ1n) is 12.4. The number of guanidine groups is 1. The maximum absolute atomic E-state index is 13.4. The molecule has 0 spiro atoms. The maximum atomic E-state index is 13.4. The van der Waals surface area contributed by atoms with E-state index in [4.69, 9.17) is 11.1 Å². The van der Waals surface area contributed by atoms with Gasteiger partial charge in [-0.15, -0.1) is 0 Å². The zero-order valence-electron chi connectivity index (χ0n) is 20.8. The van der Waals surface area contributed by atoms with E-state index in [9.17, 15) is 23.2 Å². The third-order valence-electron chi connectivity index (χ3n) is 6.78. The van der Waals surface area contributed by atoms with Gasteiger partial charge in [-0.2, -0.15) is 18.4 Å². The van der Waals surface area contributed by atoms with Gasteiger partial charge in [-0.05, 0) is 61.7 Å². The summed E-state index contributed by atoms with van der Waals surface area (Å²) in [6.07, 6.45) is -1.97. The first kappa shape index (κ1) is 27.0. The smallest absolute Gasteiger partial charge is 0.370 e. The number of halogens is 3. The lowest BCUT2D eigenvalue weighted by atomic mass is 10.0. The number of benzene rings is 2. The highest BCUT2D eigenvalue weighted by molar-refractivity contribution is 5.99. The van der Waals surface area contributed by atoms with E-state index in [1.807, 2.05) is 0 Å². The van der Waals surface area contributed by atoms with Crippen LogP contribution in [-0.2, 0) is 12.7 Å². The van der Waals surface area contributed by atoms with Crippen LogP contribution in [0.15, 0.2) is 48.5 Å². The number of likely N-dealkylation sites (tertiary alicyclic amines) is 1. The molecule has 0 bridgehead atoms. The van der Waals surface area contributed by atoms with Gasteiger partial charge in [-0.25, -0.2) is 0 Å². The van der Waals surface area contributed by atoms with Crippen molar-refractivity contribution in [2.75, 3.05) is 26.2 Å². The monoisotopic (exact) mass is 525 g/mol. The molecule has 38 heavy (non-hydrogen) atoms. The van der Waals surface area contributed by atoms with Gasteiger partial charge < -0.3 is 25.8 Å². The Bertz CT molecular complexity index is 1330. The molecule has 8 nitrogen and oxygen atoms in total. The third kappa shape index (κ3) is 6.63. The molecule has 0 radical (unpaired) electrons. The quantitative estimate of drug-likeness (QED) is 0.203. The van der Waals surface area contributed by atoms with Crippen LogP contribution in [0.4, 0.5) is 13.2 Å². The van der Waals surface area contributed by atoms with Gasteiger partial charge in [0.1, 0.15) is 5.69 Å². The van der Waals surface area contributed by atoms with Crippen molar-refractivity contribution < 1.29 is 18.0 Å². The third-order valence-corrected chi connectivity index (χ3v) is 6.78. The number of fused-ring (bicyclic) bond motifs is 1. The predicted molar refractivity (Wildman–Crippen MR) is 139 cm³/mol. The van der Waals surface area contributed by atoms with Gasteiger partial charge in [0.2, 0.25) is 0 Å². The molecule has 3 aromatic rings. The van der Waals surface area contributed by atoms with Gasteiger partial charge in [0.15, 0.2) is 5.96 Å².